The number of hydrogen-bond acceptors (Lipinski definition) is 4. The number of ether oxygens (including phenoxy) is 1. The molecule has 0 saturated heterocycles. The zero-order valence-corrected chi connectivity index (χ0v) is 9.93. The second kappa shape index (κ2) is 4.91. The van der Waals surface area contributed by atoms with Crippen LogP contribution in [0.1, 0.15) is 18.9 Å². The topological polar surface area (TPSA) is 51.0 Å². The van der Waals surface area contributed by atoms with Crippen molar-refractivity contribution in [2.45, 2.75) is 19.9 Å². The van der Waals surface area contributed by atoms with Crippen LogP contribution in [0.5, 0.6) is 0 Å². The maximum atomic E-state index is 11.6. The summed E-state index contributed by atoms with van der Waals surface area (Å²) in [5.74, 6) is -0.418. The third kappa shape index (κ3) is 2.25. The Morgan fingerprint density at radius 3 is 2.88 bits per heavy atom. The number of para-hydroxylation sites is 1. The lowest BCUT2D eigenvalue weighted by atomic mass is 10.1. The predicted molar refractivity (Wildman–Crippen MR) is 67.0 cm³/mol. The lowest BCUT2D eigenvalue weighted by Crippen LogP contribution is -2.24. The van der Waals surface area contributed by atoms with Crippen molar-refractivity contribution in [2.24, 2.45) is 9.98 Å². The van der Waals surface area contributed by atoms with Crippen LogP contribution >= 0.6 is 0 Å². The number of aliphatic imine (C=N–C) groups is 2. The summed E-state index contributed by atoms with van der Waals surface area (Å²) in [4.78, 5) is 20.4. The third-order valence-electron chi connectivity index (χ3n) is 2.64. The fourth-order valence-electron chi connectivity index (χ4n) is 1.73. The highest BCUT2D eigenvalue weighted by Crippen LogP contribution is 2.23. The van der Waals surface area contributed by atoms with Crippen molar-refractivity contribution in [3.8, 4) is 0 Å². The number of fused-ring (bicyclic) bond motifs is 1. The van der Waals surface area contributed by atoms with Crippen LogP contribution in [0.4, 0.5) is 5.69 Å². The quantitative estimate of drug-likeness (QED) is 0.732. The van der Waals surface area contributed by atoms with Gasteiger partial charge in [-0.15, -0.1) is 0 Å². The minimum Gasteiger partial charge on any atom is -0.464 e. The molecule has 0 amide bonds. The maximum absolute atomic E-state index is 11.6. The number of benzene rings is 1. The molecule has 0 saturated carbocycles. The van der Waals surface area contributed by atoms with Gasteiger partial charge in [-0.05, 0) is 18.1 Å². The average Bonchev–Trinajstić information content (AvgIpc) is 2.56. The Labute approximate surface area is 100 Å². The molecule has 0 unspecified atom stereocenters. The van der Waals surface area contributed by atoms with E-state index in [4.69, 9.17) is 4.74 Å². The van der Waals surface area contributed by atoms with Crippen molar-refractivity contribution in [3.63, 3.8) is 0 Å². The summed E-state index contributed by atoms with van der Waals surface area (Å²) in [7, 11) is 1.36. The smallest absolute Gasteiger partial charge is 0.358 e. The highest BCUT2D eigenvalue weighted by atomic mass is 16.5. The molecular weight excluding hydrogens is 216 g/mol. The van der Waals surface area contributed by atoms with E-state index in [2.05, 4.69) is 9.98 Å². The van der Waals surface area contributed by atoms with Crippen molar-refractivity contribution in [2.75, 3.05) is 7.11 Å². The van der Waals surface area contributed by atoms with E-state index in [-0.39, 0.29) is 0 Å². The Morgan fingerprint density at radius 1 is 1.41 bits per heavy atom. The molecule has 0 aromatic heterocycles. The van der Waals surface area contributed by atoms with Gasteiger partial charge >= 0.3 is 5.97 Å². The van der Waals surface area contributed by atoms with Crippen LogP contribution in [0.25, 0.3) is 0 Å². The SMILES string of the molecule is CCC1=Nc2ccccc2CN=C1C(=O)OC. The molecule has 0 spiro atoms. The van der Waals surface area contributed by atoms with E-state index in [0.29, 0.717) is 24.4 Å². The number of nitrogens with zero attached hydrogens (tertiary/aromatic N) is 2. The van der Waals surface area contributed by atoms with Crippen molar-refractivity contribution in [1.29, 1.82) is 0 Å². The minimum atomic E-state index is -0.418. The second-order valence-electron chi connectivity index (χ2n) is 3.70. The Kier molecular flexibility index (Phi) is 3.32. The van der Waals surface area contributed by atoms with Gasteiger partial charge in [-0.3, -0.25) is 9.98 Å². The van der Waals surface area contributed by atoms with Gasteiger partial charge in [0.1, 0.15) is 0 Å². The summed E-state index contributed by atoms with van der Waals surface area (Å²) in [5, 5.41) is 0. The molecule has 0 aliphatic carbocycles. The molecule has 0 fully saturated rings. The number of methoxy groups -OCH3 is 1. The van der Waals surface area contributed by atoms with Gasteiger partial charge < -0.3 is 4.74 Å². The first-order valence-corrected chi connectivity index (χ1v) is 5.55. The molecule has 4 heteroatoms. The van der Waals surface area contributed by atoms with Crippen LogP contribution in [0, 0.1) is 0 Å². The van der Waals surface area contributed by atoms with Crippen LogP contribution in [0.3, 0.4) is 0 Å². The number of rotatable bonds is 2. The Bertz CT molecular complexity index is 504. The normalized spacial score (nSPS) is 14.2. The molecule has 88 valence electrons. The summed E-state index contributed by atoms with van der Waals surface area (Å²) in [5.41, 5.74) is 2.93. The van der Waals surface area contributed by atoms with Crippen LogP contribution in [0.15, 0.2) is 34.3 Å². The summed E-state index contributed by atoms with van der Waals surface area (Å²) >= 11 is 0. The van der Waals surface area contributed by atoms with E-state index in [0.717, 1.165) is 11.3 Å². The summed E-state index contributed by atoms with van der Waals surface area (Å²) in [6, 6.07) is 7.77. The van der Waals surface area contributed by atoms with Gasteiger partial charge in [-0.2, -0.15) is 0 Å². The summed E-state index contributed by atoms with van der Waals surface area (Å²) < 4.78 is 4.73. The molecule has 0 atom stereocenters. The van der Waals surface area contributed by atoms with E-state index in [1.54, 1.807) is 0 Å². The first-order chi connectivity index (χ1) is 8.26. The molecule has 1 aromatic carbocycles. The van der Waals surface area contributed by atoms with Gasteiger partial charge in [-0.25, -0.2) is 4.79 Å². The zero-order valence-electron chi connectivity index (χ0n) is 9.93. The maximum Gasteiger partial charge on any atom is 0.358 e. The number of carbonyl (C=O) groups is 1. The number of carbonyl (C=O) groups excluding carboxylic acids is 1. The average molecular weight is 230 g/mol. The van der Waals surface area contributed by atoms with E-state index in [1.165, 1.54) is 7.11 Å². The van der Waals surface area contributed by atoms with Gasteiger partial charge in [0.25, 0.3) is 0 Å². The molecule has 1 heterocycles. The molecule has 0 radical (unpaired) electrons. The van der Waals surface area contributed by atoms with E-state index in [1.807, 2.05) is 31.2 Å². The van der Waals surface area contributed by atoms with Crippen LogP contribution in [-0.2, 0) is 16.1 Å². The summed E-state index contributed by atoms with van der Waals surface area (Å²) in [6.45, 7) is 2.42. The molecular formula is C13H14N2O2. The van der Waals surface area contributed by atoms with Crippen molar-refractivity contribution < 1.29 is 9.53 Å². The number of hydrogen-bond donors (Lipinski definition) is 0. The molecule has 2 rings (SSSR count). The standard InChI is InChI=1S/C13H14N2O2/c1-3-10-12(13(16)17-2)14-8-9-6-4-5-7-11(9)15-10/h4-7H,3,8H2,1-2H3. The molecule has 0 bridgehead atoms. The Hall–Kier alpha value is -1.97. The summed E-state index contributed by atoms with van der Waals surface area (Å²) in [6.07, 6.45) is 0.655. The van der Waals surface area contributed by atoms with E-state index in [9.17, 15) is 4.79 Å². The fraction of sp³-hybridized carbons (Fsp3) is 0.308. The molecule has 4 nitrogen and oxygen atoms in total. The van der Waals surface area contributed by atoms with Crippen molar-refractivity contribution in [1.82, 2.24) is 0 Å². The largest absolute Gasteiger partial charge is 0.464 e. The first-order valence-electron chi connectivity index (χ1n) is 5.55. The van der Waals surface area contributed by atoms with Gasteiger partial charge in [-0.1, -0.05) is 25.1 Å². The van der Waals surface area contributed by atoms with Gasteiger partial charge in [0, 0.05) is 0 Å². The second-order valence-corrected chi connectivity index (χ2v) is 3.70. The Morgan fingerprint density at radius 2 is 2.18 bits per heavy atom. The van der Waals surface area contributed by atoms with Crippen LogP contribution < -0.4 is 0 Å². The molecule has 17 heavy (non-hydrogen) atoms. The zero-order chi connectivity index (χ0) is 12.3. The monoisotopic (exact) mass is 230 g/mol. The molecule has 1 aliphatic rings. The Balaban J connectivity index is 2.47. The molecule has 0 N–H and O–H groups in total. The number of esters is 1. The van der Waals surface area contributed by atoms with Crippen LogP contribution in [-0.4, -0.2) is 24.5 Å². The van der Waals surface area contributed by atoms with Gasteiger partial charge in [0.15, 0.2) is 5.71 Å². The predicted octanol–water partition coefficient (Wildman–Crippen LogP) is 2.30. The third-order valence-corrected chi connectivity index (χ3v) is 2.64. The highest BCUT2D eigenvalue weighted by molar-refractivity contribution is 6.66. The molecule has 1 aromatic rings. The van der Waals surface area contributed by atoms with Crippen molar-refractivity contribution in [3.05, 3.63) is 29.8 Å². The lowest BCUT2D eigenvalue weighted by Gasteiger charge is -2.03. The lowest BCUT2D eigenvalue weighted by molar-refractivity contribution is -0.132. The van der Waals surface area contributed by atoms with Gasteiger partial charge in [0.2, 0.25) is 0 Å². The van der Waals surface area contributed by atoms with Gasteiger partial charge in [0.05, 0.1) is 25.1 Å². The van der Waals surface area contributed by atoms with Crippen LogP contribution in [0.2, 0.25) is 0 Å². The first kappa shape index (κ1) is 11.5. The van der Waals surface area contributed by atoms with E-state index >= 15 is 0 Å². The highest BCUT2D eigenvalue weighted by Gasteiger charge is 2.20. The molecule has 1 aliphatic heterocycles. The fourth-order valence-corrected chi connectivity index (χ4v) is 1.73. The van der Waals surface area contributed by atoms with E-state index < -0.39 is 5.97 Å². The van der Waals surface area contributed by atoms with Crippen molar-refractivity contribution >= 4 is 23.1 Å². The minimum absolute atomic E-state index is 0.339.